The molecule has 3 nitrogen and oxygen atoms in total. The van der Waals surface area contributed by atoms with Crippen LogP contribution in [-0.4, -0.2) is 18.3 Å². The molecule has 0 spiro atoms. The van der Waals surface area contributed by atoms with Crippen LogP contribution in [-0.2, 0) is 0 Å². The number of hydrogen-bond donors (Lipinski definition) is 1. The van der Waals surface area contributed by atoms with Crippen LogP contribution in [0.5, 0.6) is 11.5 Å². The van der Waals surface area contributed by atoms with Crippen molar-refractivity contribution in [1.82, 2.24) is 0 Å². The van der Waals surface area contributed by atoms with E-state index < -0.39 is 6.10 Å². The van der Waals surface area contributed by atoms with E-state index in [-0.39, 0.29) is 0 Å². The fourth-order valence-corrected chi connectivity index (χ4v) is 2.54. The van der Waals surface area contributed by atoms with Gasteiger partial charge >= 0.3 is 0 Å². The molecule has 1 heterocycles. The Labute approximate surface area is 132 Å². The minimum atomic E-state index is -0.673. The molecule has 0 saturated carbocycles. The summed E-state index contributed by atoms with van der Waals surface area (Å²) in [5.41, 5.74) is 1.65. The second-order valence-electron chi connectivity index (χ2n) is 5.39. The monoisotopic (exact) mass is 348 g/mol. The predicted molar refractivity (Wildman–Crippen MR) is 84.8 cm³/mol. The van der Waals surface area contributed by atoms with Crippen LogP contribution in [0.25, 0.3) is 0 Å². The van der Waals surface area contributed by atoms with Gasteiger partial charge in [-0.15, -0.1) is 0 Å². The highest BCUT2D eigenvalue weighted by Gasteiger charge is 2.18. The molecule has 2 aromatic rings. The van der Waals surface area contributed by atoms with Crippen molar-refractivity contribution in [3.8, 4) is 11.5 Å². The lowest BCUT2D eigenvalue weighted by molar-refractivity contribution is 0.218. The van der Waals surface area contributed by atoms with Crippen molar-refractivity contribution in [2.24, 2.45) is 5.92 Å². The van der Waals surface area contributed by atoms with Gasteiger partial charge in [-0.1, -0.05) is 41.1 Å². The summed E-state index contributed by atoms with van der Waals surface area (Å²) in [6, 6.07) is 13.3. The second-order valence-corrected chi connectivity index (χ2v) is 6.30. The molecule has 4 heteroatoms. The summed E-state index contributed by atoms with van der Waals surface area (Å²) in [5.74, 6) is 1.80. The lowest BCUT2D eigenvalue weighted by Gasteiger charge is -2.14. The van der Waals surface area contributed by atoms with Gasteiger partial charge in [-0.2, -0.15) is 0 Å². The Morgan fingerprint density at radius 2 is 1.62 bits per heavy atom. The summed E-state index contributed by atoms with van der Waals surface area (Å²) in [6.45, 7) is 3.37. The molecule has 2 atom stereocenters. The van der Waals surface area contributed by atoms with E-state index >= 15 is 0 Å². The summed E-state index contributed by atoms with van der Waals surface area (Å²) in [5, 5.41) is 10.5. The Morgan fingerprint density at radius 1 is 1.00 bits per heavy atom. The van der Waals surface area contributed by atoms with E-state index in [9.17, 15) is 5.11 Å². The Balaban J connectivity index is 1.88. The Kier molecular flexibility index (Phi) is 4.17. The molecule has 1 aliphatic heterocycles. The minimum absolute atomic E-state index is 0.359. The van der Waals surface area contributed by atoms with Gasteiger partial charge in [0, 0.05) is 10.4 Å². The zero-order valence-electron chi connectivity index (χ0n) is 11.8. The van der Waals surface area contributed by atoms with E-state index in [0.29, 0.717) is 24.9 Å². The number of ether oxygens (including phenoxy) is 2. The zero-order valence-corrected chi connectivity index (χ0v) is 13.3. The SMILES string of the molecule is CC1COc2ccc(C(O)c3ccc(Br)cc3)cc2OC1. The average Bonchev–Trinajstić information content (AvgIpc) is 2.69. The summed E-state index contributed by atoms with van der Waals surface area (Å²) >= 11 is 3.40. The largest absolute Gasteiger partial charge is 0.489 e. The van der Waals surface area contributed by atoms with Crippen molar-refractivity contribution in [3.63, 3.8) is 0 Å². The molecule has 0 radical (unpaired) electrons. The predicted octanol–water partition coefficient (Wildman–Crippen LogP) is 3.94. The lowest BCUT2D eigenvalue weighted by atomic mass is 10.0. The third-order valence-corrected chi connectivity index (χ3v) is 4.04. The van der Waals surface area contributed by atoms with E-state index in [1.807, 2.05) is 42.5 Å². The summed E-state index contributed by atoms with van der Waals surface area (Å²) in [7, 11) is 0. The maximum atomic E-state index is 10.5. The maximum Gasteiger partial charge on any atom is 0.161 e. The topological polar surface area (TPSA) is 38.7 Å². The molecule has 1 N–H and O–H groups in total. The van der Waals surface area contributed by atoms with Crippen molar-refractivity contribution in [3.05, 3.63) is 58.1 Å². The van der Waals surface area contributed by atoms with Crippen molar-refractivity contribution in [1.29, 1.82) is 0 Å². The van der Waals surface area contributed by atoms with Crippen molar-refractivity contribution < 1.29 is 14.6 Å². The van der Waals surface area contributed by atoms with E-state index in [2.05, 4.69) is 22.9 Å². The summed E-state index contributed by atoms with van der Waals surface area (Å²) < 4.78 is 12.5. The highest BCUT2D eigenvalue weighted by atomic mass is 79.9. The molecule has 1 aliphatic rings. The Morgan fingerprint density at radius 3 is 2.33 bits per heavy atom. The molecule has 0 saturated heterocycles. The standard InChI is InChI=1S/C17H17BrO3/c1-11-9-20-15-7-4-13(8-16(15)21-10-11)17(19)12-2-5-14(18)6-3-12/h2-8,11,17,19H,9-10H2,1H3. The minimum Gasteiger partial charge on any atom is -0.489 e. The van der Waals surface area contributed by atoms with Gasteiger partial charge in [0.25, 0.3) is 0 Å². The number of hydrogen-bond acceptors (Lipinski definition) is 3. The van der Waals surface area contributed by atoms with Gasteiger partial charge in [0.05, 0.1) is 13.2 Å². The number of benzene rings is 2. The van der Waals surface area contributed by atoms with E-state index in [1.54, 1.807) is 0 Å². The fourth-order valence-electron chi connectivity index (χ4n) is 2.28. The van der Waals surface area contributed by atoms with Crippen LogP contribution in [0.2, 0.25) is 0 Å². The number of rotatable bonds is 2. The quantitative estimate of drug-likeness (QED) is 0.893. The second kappa shape index (κ2) is 6.08. The van der Waals surface area contributed by atoms with Crippen LogP contribution < -0.4 is 9.47 Å². The molecule has 21 heavy (non-hydrogen) atoms. The number of aliphatic hydroxyl groups is 1. The van der Waals surface area contributed by atoms with Gasteiger partial charge < -0.3 is 14.6 Å². The van der Waals surface area contributed by atoms with Gasteiger partial charge in [0.2, 0.25) is 0 Å². The van der Waals surface area contributed by atoms with Crippen molar-refractivity contribution >= 4 is 15.9 Å². The highest BCUT2D eigenvalue weighted by molar-refractivity contribution is 9.10. The third kappa shape index (κ3) is 3.22. The van der Waals surface area contributed by atoms with Crippen LogP contribution in [0.15, 0.2) is 46.9 Å². The number of fused-ring (bicyclic) bond motifs is 1. The maximum absolute atomic E-state index is 10.5. The van der Waals surface area contributed by atoms with Crippen LogP contribution in [0.3, 0.4) is 0 Å². The first kappa shape index (κ1) is 14.4. The number of aliphatic hydroxyl groups excluding tert-OH is 1. The van der Waals surface area contributed by atoms with Crippen LogP contribution in [0, 0.1) is 5.92 Å². The molecular weight excluding hydrogens is 332 g/mol. The zero-order chi connectivity index (χ0) is 14.8. The Bertz CT molecular complexity index is 624. The Hall–Kier alpha value is -1.52. The van der Waals surface area contributed by atoms with Gasteiger partial charge in [0.15, 0.2) is 11.5 Å². The summed E-state index contributed by atoms with van der Waals surface area (Å²) in [6.07, 6.45) is -0.673. The molecule has 0 aromatic heterocycles. The van der Waals surface area contributed by atoms with Gasteiger partial charge in [-0.05, 0) is 35.4 Å². The smallest absolute Gasteiger partial charge is 0.161 e. The lowest BCUT2D eigenvalue weighted by Crippen LogP contribution is -2.12. The van der Waals surface area contributed by atoms with E-state index in [0.717, 1.165) is 21.3 Å². The average molecular weight is 349 g/mol. The van der Waals surface area contributed by atoms with Gasteiger partial charge in [-0.25, -0.2) is 0 Å². The fraction of sp³-hybridized carbons (Fsp3) is 0.294. The molecule has 0 bridgehead atoms. The molecular formula is C17H17BrO3. The molecule has 2 unspecified atom stereocenters. The van der Waals surface area contributed by atoms with Crippen LogP contribution in [0.4, 0.5) is 0 Å². The first-order chi connectivity index (χ1) is 10.1. The van der Waals surface area contributed by atoms with Crippen molar-refractivity contribution in [2.75, 3.05) is 13.2 Å². The van der Waals surface area contributed by atoms with Crippen molar-refractivity contribution in [2.45, 2.75) is 13.0 Å². The van der Waals surface area contributed by atoms with Crippen LogP contribution in [0.1, 0.15) is 24.2 Å². The third-order valence-electron chi connectivity index (χ3n) is 3.52. The van der Waals surface area contributed by atoms with E-state index in [1.165, 1.54) is 0 Å². The van der Waals surface area contributed by atoms with Crippen LogP contribution >= 0.6 is 15.9 Å². The normalized spacial score (nSPS) is 18.9. The molecule has 0 amide bonds. The number of halogens is 1. The highest BCUT2D eigenvalue weighted by Crippen LogP contribution is 2.34. The first-order valence-electron chi connectivity index (χ1n) is 6.96. The molecule has 0 fully saturated rings. The van der Waals surface area contributed by atoms with Gasteiger partial charge in [0.1, 0.15) is 6.10 Å². The summed E-state index contributed by atoms with van der Waals surface area (Å²) in [4.78, 5) is 0. The first-order valence-corrected chi connectivity index (χ1v) is 7.76. The molecule has 110 valence electrons. The molecule has 2 aromatic carbocycles. The van der Waals surface area contributed by atoms with E-state index in [4.69, 9.17) is 9.47 Å². The molecule has 3 rings (SSSR count). The van der Waals surface area contributed by atoms with Gasteiger partial charge in [-0.3, -0.25) is 0 Å². The molecule has 0 aliphatic carbocycles.